The number of hydrogen-bond acceptors (Lipinski definition) is 4. The van der Waals surface area contributed by atoms with Crippen molar-refractivity contribution in [2.75, 3.05) is 19.6 Å². The van der Waals surface area contributed by atoms with Crippen molar-refractivity contribution >= 4 is 18.3 Å². The number of halogens is 1. The zero-order valence-electron chi connectivity index (χ0n) is 13.1. The Morgan fingerprint density at radius 2 is 2.26 bits per heavy atom. The van der Waals surface area contributed by atoms with Gasteiger partial charge in [-0.1, -0.05) is 0 Å². The van der Waals surface area contributed by atoms with Crippen molar-refractivity contribution in [3.8, 4) is 0 Å². The molecule has 1 fully saturated rings. The highest BCUT2D eigenvalue weighted by Crippen LogP contribution is 2.27. The van der Waals surface area contributed by atoms with Crippen molar-refractivity contribution in [3.63, 3.8) is 0 Å². The highest BCUT2D eigenvalue weighted by molar-refractivity contribution is 5.94. The summed E-state index contributed by atoms with van der Waals surface area (Å²) in [5.74, 6) is 0.932. The normalized spacial score (nSPS) is 20.2. The maximum Gasteiger partial charge on any atom is 0.275 e. The van der Waals surface area contributed by atoms with Gasteiger partial charge >= 0.3 is 0 Å². The largest absolute Gasteiger partial charge is 0.336 e. The van der Waals surface area contributed by atoms with Crippen molar-refractivity contribution in [1.29, 1.82) is 0 Å². The Balaban J connectivity index is 0.00000156. The molecule has 1 unspecified atom stereocenters. The number of aromatic amines is 1. The molecular formula is C15H21ClN6O. The van der Waals surface area contributed by atoms with Crippen molar-refractivity contribution in [2.45, 2.75) is 25.3 Å². The van der Waals surface area contributed by atoms with E-state index >= 15 is 0 Å². The summed E-state index contributed by atoms with van der Waals surface area (Å²) >= 11 is 0. The lowest BCUT2D eigenvalue weighted by Crippen LogP contribution is -2.49. The second-order valence-corrected chi connectivity index (χ2v) is 6.00. The van der Waals surface area contributed by atoms with Crippen LogP contribution in [0.15, 0.2) is 12.4 Å². The van der Waals surface area contributed by atoms with Gasteiger partial charge in [0.25, 0.3) is 5.91 Å². The molecule has 0 spiro atoms. The minimum absolute atomic E-state index is 0. The van der Waals surface area contributed by atoms with E-state index in [9.17, 15) is 4.79 Å². The van der Waals surface area contributed by atoms with Crippen LogP contribution in [0, 0.1) is 0 Å². The Morgan fingerprint density at radius 1 is 1.39 bits per heavy atom. The number of aryl methyl sites for hydroxylation is 2. The summed E-state index contributed by atoms with van der Waals surface area (Å²) < 4.78 is 1.98. The Hall–Kier alpha value is -1.86. The van der Waals surface area contributed by atoms with E-state index in [1.807, 2.05) is 22.7 Å². The summed E-state index contributed by atoms with van der Waals surface area (Å²) in [5, 5.41) is 10.7. The number of carbonyl (C=O) groups excluding carboxylic acids is 1. The molecule has 0 radical (unpaired) electrons. The van der Waals surface area contributed by atoms with Crippen LogP contribution < -0.4 is 5.32 Å². The first-order valence-corrected chi connectivity index (χ1v) is 7.80. The molecule has 0 bridgehead atoms. The van der Waals surface area contributed by atoms with E-state index in [0.717, 1.165) is 49.4 Å². The number of nitrogens with zero attached hydrogens (tertiary/aromatic N) is 4. The second-order valence-electron chi connectivity index (χ2n) is 6.00. The predicted octanol–water partition coefficient (Wildman–Crippen LogP) is 0.840. The summed E-state index contributed by atoms with van der Waals surface area (Å²) in [6.07, 6.45) is 6.75. The number of amides is 1. The average molecular weight is 337 g/mol. The Labute approximate surface area is 140 Å². The summed E-state index contributed by atoms with van der Waals surface area (Å²) in [6.45, 7) is 2.21. The predicted molar refractivity (Wildman–Crippen MR) is 87.7 cm³/mol. The van der Waals surface area contributed by atoms with Crippen LogP contribution in [0.3, 0.4) is 0 Å². The van der Waals surface area contributed by atoms with E-state index in [4.69, 9.17) is 0 Å². The molecule has 1 atom stereocenters. The van der Waals surface area contributed by atoms with E-state index in [1.54, 1.807) is 6.20 Å². The first-order chi connectivity index (χ1) is 10.8. The topological polar surface area (TPSA) is 78.8 Å². The Kier molecular flexibility index (Phi) is 4.41. The molecule has 1 aliphatic carbocycles. The van der Waals surface area contributed by atoms with Gasteiger partial charge in [0, 0.05) is 50.3 Å². The van der Waals surface area contributed by atoms with Crippen LogP contribution >= 0.6 is 12.4 Å². The molecule has 2 aromatic rings. The van der Waals surface area contributed by atoms with E-state index in [-0.39, 0.29) is 24.4 Å². The van der Waals surface area contributed by atoms with E-state index in [2.05, 4.69) is 20.5 Å². The van der Waals surface area contributed by atoms with Gasteiger partial charge in [0.15, 0.2) is 5.69 Å². The molecule has 2 aliphatic rings. The second kappa shape index (κ2) is 6.33. The number of piperazine rings is 1. The maximum atomic E-state index is 13.0. The van der Waals surface area contributed by atoms with Gasteiger partial charge in [-0.15, -0.1) is 12.4 Å². The zero-order chi connectivity index (χ0) is 15.1. The first kappa shape index (κ1) is 16.0. The first-order valence-electron chi connectivity index (χ1n) is 7.80. The SMILES string of the molecule is Cl.Cn1ccnc1C1CNCCN1C(=O)c1n[nH]c2c1CCC2. The van der Waals surface area contributed by atoms with Crippen molar-refractivity contribution < 1.29 is 4.79 Å². The summed E-state index contributed by atoms with van der Waals surface area (Å²) in [4.78, 5) is 19.4. The monoisotopic (exact) mass is 336 g/mol. The highest BCUT2D eigenvalue weighted by atomic mass is 35.5. The Morgan fingerprint density at radius 3 is 3.04 bits per heavy atom. The maximum absolute atomic E-state index is 13.0. The van der Waals surface area contributed by atoms with Gasteiger partial charge < -0.3 is 14.8 Å². The summed E-state index contributed by atoms with van der Waals surface area (Å²) in [7, 11) is 1.96. The molecule has 1 amide bonds. The molecule has 1 saturated heterocycles. The number of aromatic nitrogens is 4. The van der Waals surface area contributed by atoms with Gasteiger partial charge in [-0.2, -0.15) is 5.10 Å². The molecule has 2 aromatic heterocycles. The number of imidazole rings is 1. The molecule has 4 rings (SSSR count). The summed E-state index contributed by atoms with van der Waals surface area (Å²) in [5.41, 5.74) is 2.85. The van der Waals surface area contributed by atoms with Gasteiger partial charge in [0.05, 0.1) is 0 Å². The van der Waals surface area contributed by atoms with Crippen molar-refractivity contribution in [2.24, 2.45) is 7.05 Å². The molecule has 8 heteroatoms. The van der Waals surface area contributed by atoms with Crippen LogP contribution in [-0.4, -0.2) is 50.2 Å². The fourth-order valence-electron chi connectivity index (χ4n) is 3.51. The molecule has 1 aliphatic heterocycles. The molecule has 124 valence electrons. The smallest absolute Gasteiger partial charge is 0.275 e. The zero-order valence-corrected chi connectivity index (χ0v) is 13.9. The van der Waals surface area contributed by atoms with Crippen molar-refractivity contribution in [3.05, 3.63) is 35.2 Å². The van der Waals surface area contributed by atoms with Crippen LogP contribution in [0.2, 0.25) is 0 Å². The lowest BCUT2D eigenvalue weighted by Gasteiger charge is -2.35. The van der Waals surface area contributed by atoms with Gasteiger partial charge in [-0.25, -0.2) is 4.98 Å². The van der Waals surface area contributed by atoms with Gasteiger partial charge in [0.2, 0.25) is 0 Å². The van der Waals surface area contributed by atoms with Crippen molar-refractivity contribution in [1.82, 2.24) is 30.0 Å². The van der Waals surface area contributed by atoms with Crippen LogP contribution in [0.5, 0.6) is 0 Å². The molecular weight excluding hydrogens is 316 g/mol. The minimum Gasteiger partial charge on any atom is -0.336 e. The van der Waals surface area contributed by atoms with E-state index < -0.39 is 0 Å². The number of fused-ring (bicyclic) bond motifs is 1. The minimum atomic E-state index is -0.0463. The quantitative estimate of drug-likeness (QED) is 0.852. The fraction of sp³-hybridized carbons (Fsp3) is 0.533. The number of carbonyl (C=O) groups is 1. The van der Waals surface area contributed by atoms with Crippen LogP contribution in [0.4, 0.5) is 0 Å². The number of nitrogens with one attached hydrogen (secondary N) is 2. The molecule has 7 nitrogen and oxygen atoms in total. The van der Waals surface area contributed by atoms with E-state index in [1.165, 1.54) is 0 Å². The lowest BCUT2D eigenvalue weighted by molar-refractivity contribution is 0.0613. The van der Waals surface area contributed by atoms with Crippen LogP contribution in [-0.2, 0) is 19.9 Å². The third-order valence-electron chi connectivity index (χ3n) is 4.67. The molecule has 3 heterocycles. The van der Waals surface area contributed by atoms with Gasteiger partial charge in [-0.05, 0) is 19.3 Å². The third-order valence-corrected chi connectivity index (χ3v) is 4.67. The molecule has 23 heavy (non-hydrogen) atoms. The highest BCUT2D eigenvalue weighted by Gasteiger charge is 2.34. The lowest BCUT2D eigenvalue weighted by atomic mass is 10.1. The van der Waals surface area contributed by atoms with Crippen LogP contribution in [0.1, 0.15) is 40.0 Å². The average Bonchev–Trinajstić information content (AvgIpc) is 3.22. The van der Waals surface area contributed by atoms with Gasteiger partial charge in [-0.3, -0.25) is 9.89 Å². The summed E-state index contributed by atoms with van der Waals surface area (Å²) in [6, 6.07) is -0.0463. The Bertz CT molecular complexity index is 709. The number of hydrogen-bond donors (Lipinski definition) is 2. The third kappa shape index (κ3) is 2.64. The standard InChI is InChI=1S/C15H20N6O.ClH/c1-20-7-6-17-14(20)12-9-16-5-8-21(12)15(22)13-10-3-2-4-11(10)18-19-13;/h6-7,12,16H,2-5,8-9H2,1H3,(H,18,19);1H. The fourth-order valence-corrected chi connectivity index (χ4v) is 3.51. The molecule has 0 aromatic carbocycles. The molecule has 2 N–H and O–H groups in total. The number of H-pyrrole nitrogens is 1. The van der Waals surface area contributed by atoms with Gasteiger partial charge in [0.1, 0.15) is 11.9 Å². The number of rotatable bonds is 2. The van der Waals surface area contributed by atoms with E-state index in [0.29, 0.717) is 12.2 Å². The van der Waals surface area contributed by atoms with Crippen LogP contribution in [0.25, 0.3) is 0 Å². The molecule has 0 saturated carbocycles.